The van der Waals surface area contributed by atoms with Gasteiger partial charge in [-0.2, -0.15) is 0 Å². The third kappa shape index (κ3) is 6.34. The molecule has 2 rings (SSSR count). The topological polar surface area (TPSA) is 47.6 Å². The molecule has 1 atom stereocenters. The second-order valence-electron chi connectivity index (χ2n) is 6.27. The molecule has 0 bridgehead atoms. The van der Waals surface area contributed by atoms with Crippen LogP contribution >= 0.6 is 0 Å². The standard InChI is InChI=1S/C21H25NO3/c1-15(2)13-24-20-7-5-6-18(12-20)21(23)22-17(4)14-25-19-10-8-16(3)9-11-19/h5-12,17H,1,13-14H2,2-4H3,(H,22,23)/t17-/m0/s1. The number of ether oxygens (including phenoxy) is 2. The third-order valence-electron chi connectivity index (χ3n) is 3.48. The summed E-state index contributed by atoms with van der Waals surface area (Å²) in [5.41, 5.74) is 2.67. The number of aryl methyl sites for hydroxylation is 1. The molecular formula is C21H25NO3. The van der Waals surface area contributed by atoms with Crippen LogP contribution in [0.5, 0.6) is 11.5 Å². The molecule has 0 aliphatic heterocycles. The number of carbonyl (C=O) groups excluding carboxylic acids is 1. The van der Waals surface area contributed by atoms with Crippen LogP contribution in [0, 0.1) is 6.92 Å². The maximum absolute atomic E-state index is 12.4. The molecule has 0 unspecified atom stereocenters. The first-order valence-electron chi connectivity index (χ1n) is 8.31. The zero-order valence-electron chi connectivity index (χ0n) is 15.0. The highest BCUT2D eigenvalue weighted by Gasteiger charge is 2.11. The minimum Gasteiger partial charge on any atom is -0.491 e. The van der Waals surface area contributed by atoms with Gasteiger partial charge in [0.05, 0.1) is 6.04 Å². The number of hydrogen-bond donors (Lipinski definition) is 1. The summed E-state index contributed by atoms with van der Waals surface area (Å²) in [7, 11) is 0. The van der Waals surface area contributed by atoms with E-state index in [9.17, 15) is 4.79 Å². The molecule has 0 spiro atoms. The molecular weight excluding hydrogens is 314 g/mol. The molecule has 0 aliphatic rings. The highest BCUT2D eigenvalue weighted by Crippen LogP contribution is 2.15. The number of hydrogen-bond acceptors (Lipinski definition) is 3. The Morgan fingerprint density at radius 3 is 2.52 bits per heavy atom. The lowest BCUT2D eigenvalue weighted by Crippen LogP contribution is -2.36. The number of amides is 1. The summed E-state index contributed by atoms with van der Waals surface area (Å²) >= 11 is 0. The molecule has 132 valence electrons. The van der Waals surface area contributed by atoms with Crippen molar-refractivity contribution in [3.05, 3.63) is 71.8 Å². The zero-order chi connectivity index (χ0) is 18.2. The molecule has 0 fully saturated rings. The Hall–Kier alpha value is -2.75. The molecule has 0 saturated carbocycles. The minimum absolute atomic E-state index is 0.117. The fourth-order valence-corrected chi connectivity index (χ4v) is 2.14. The molecule has 2 aromatic rings. The van der Waals surface area contributed by atoms with E-state index in [2.05, 4.69) is 11.9 Å². The Morgan fingerprint density at radius 2 is 1.84 bits per heavy atom. The van der Waals surface area contributed by atoms with Gasteiger partial charge in [0.25, 0.3) is 5.91 Å². The molecule has 1 N–H and O–H groups in total. The molecule has 4 heteroatoms. The largest absolute Gasteiger partial charge is 0.491 e. The van der Waals surface area contributed by atoms with Crippen molar-refractivity contribution in [1.82, 2.24) is 5.32 Å². The van der Waals surface area contributed by atoms with Gasteiger partial charge in [-0.25, -0.2) is 0 Å². The SMILES string of the molecule is C=C(C)COc1cccc(C(=O)N[C@@H](C)COc2ccc(C)cc2)c1. The zero-order valence-corrected chi connectivity index (χ0v) is 15.0. The van der Waals surface area contributed by atoms with E-state index in [1.165, 1.54) is 5.56 Å². The van der Waals surface area contributed by atoms with E-state index in [0.717, 1.165) is 11.3 Å². The fraction of sp³-hybridized carbons (Fsp3) is 0.286. The van der Waals surface area contributed by atoms with Gasteiger partial charge in [-0.15, -0.1) is 0 Å². The molecule has 1 amide bonds. The van der Waals surface area contributed by atoms with Gasteiger partial charge in [-0.05, 0) is 56.7 Å². The van der Waals surface area contributed by atoms with Crippen molar-refractivity contribution in [2.75, 3.05) is 13.2 Å². The van der Waals surface area contributed by atoms with E-state index in [-0.39, 0.29) is 11.9 Å². The average molecular weight is 339 g/mol. The van der Waals surface area contributed by atoms with Crippen molar-refractivity contribution in [2.24, 2.45) is 0 Å². The van der Waals surface area contributed by atoms with Crippen LogP contribution in [0.1, 0.15) is 29.8 Å². The Labute approximate surface area is 149 Å². The molecule has 0 aliphatic carbocycles. The summed E-state index contributed by atoms with van der Waals surface area (Å²) in [5.74, 6) is 1.29. The Morgan fingerprint density at radius 1 is 1.12 bits per heavy atom. The normalized spacial score (nSPS) is 11.5. The number of carbonyl (C=O) groups is 1. The second-order valence-corrected chi connectivity index (χ2v) is 6.27. The van der Waals surface area contributed by atoms with Crippen molar-refractivity contribution < 1.29 is 14.3 Å². The van der Waals surface area contributed by atoms with Crippen LogP contribution in [-0.2, 0) is 0 Å². The van der Waals surface area contributed by atoms with E-state index < -0.39 is 0 Å². The maximum atomic E-state index is 12.4. The maximum Gasteiger partial charge on any atom is 0.251 e. The van der Waals surface area contributed by atoms with Crippen LogP contribution in [0.2, 0.25) is 0 Å². The van der Waals surface area contributed by atoms with Gasteiger partial charge in [0.2, 0.25) is 0 Å². The summed E-state index contributed by atoms with van der Waals surface area (Å²) < 4.78 is 11.3. The predicted molar refractivity (Wildman–Crippen MR) is 100 cm³/mol. The Balaban J connectivity index is 1.86. The molecule has 2 aromatic carbocycles. The smallest absolute Gasteiger partial charge is 0.251 e. The lowest BCUT2D eigenvalue weighted by molar-refractivity contribution is 0.0926. The Bertz CT molecular complexity index is 722. The summed E-state index contributed by atoms with van der Waals surface area (Å²) in [4.78, 5) is 12.4. The quantitative estimate of drug-likeness (QED) is 0.735. The van der Waals surface area contributed by atoms with E-state index in [1.807, 2.05) is 51.1 Å². The number of nitrogens with one attached hydrogen (secondary N) is 1. The van der Waals surface area contributed by atoms with Crippen molar-refractivity contribution in [2.45, 2.75) is 26.8 Å². The minimum atomic E-state index is -0.152. The van der Waals surface area contributed by atoms with Gasteiger partial charge in [0, 0.05) is 5.56 Å². The average Bonchev–Trinajstić information content (AvgIpc) is 2.59. The van der Waals surface area contributed by atoms with Crippen molar-refractivity contribution in [1.29, 1.82) is 0 Å². The van der Waals surface area contributed by atoms with E-state index in [4.69, 9.17) is 9.47 Å². The Kier molecular flexibility index (Phi) is 6.63. The lowest BCUT2D eigenvalue weighted by atomic mass is 10.2. The summed E-state index contributed by atoms with van der Waals surface area (Å²) in [5, 5.41) is 2.93. The first-order chi connectivity index (χ1) is 11.9. The van der Waals surface area contributed by atoms with E-state index >= 15 is 0 Å². The molecule has 0 aromatic heterocycles. The third-order valence-corrected chi connectivity index (χ3v) is 3.48. The van der Waals surface area contributed by atoms with Crippen molar-refractivity contribution in [3.8, 4) is 11.5 Å². The highest BCUT2D eigenvalue weighted by atomic mass is 16.5. The first-order valence-corrected chi connectivity index (χ1v) is 8.31. The molecule has 4 nitrogen and oxygen atoms in total. The van der Waals surface area contributed by atoms with Gasteiger partial charge < -0.3 is 14.8 Å². The van der Waals surface area contributed by atoms with Crippen molar-refractivity contribution >= 4 is 5.91 Å². The van der Waals surface area contributed by atoms with Crippen LogP contribution in [0.15, 0.2) is 60.7 Å². The summed E-state index contributed by atoms with van der Waals surface area (Å²) in [6.07, 6.45) is 0. The van der Waals surface area contributed by atoms with Crippen LogP contribution in [0.25, 0.3) is 0 Å². The van der Waals surface area contributed by atoms with Gasteiger partial charge in [0.1, 0.15) is 24.7 Å². The molecule has 0 heterocycles. The molecule has 25 heavy (non-hydrogen) atoms. The monoisotopic (exact) mass is 339 g/mol. The van der Waals surface area contributed by atoms with E-state index in [1.54, 1.807) is 18.2 Å². The fourth-order valence-electron chi connectivity index (χ4n) is 2.14. The second kappa shape index (κ2) is 8.92. The van der Waals surface area contributed by atoms with Crippen LogP contribution in [0.4, 0.5) is 0 Å². The molecule has 0 saturated heterocycles. The van der Waals surface area contributed by atoms with Gasteiger partial charge in [-0.3, -0.25) is 4.79 Å². The number of benzene rings is 2. The van der Waals surface area contributed by atoms with Crippen LogP contribution in [-0.4, -0.2) is 25.2 Å². The predicted octanol–water partition coefficient (Wildman–Crippen LogP) is 4.15. The van der Waals surface area contributed by atoms with Crippen molar-refractivity contribution in [3.63, 3.8) is 0 Å². The van der Waals surface area contributed by atoms with Crippen LogP contribution in [0.3, 0.4) is 0 Å². The highest BCUT2D eigenvalue weighted by molar-refractivity contribution is 5.94. The van der Waals surface area contributed by atoms with Gasteiger partial charge in [0.15, 0.2) is 0 Å². The summed E-state index contributed by atoms with van der Waals surface area (Å²) in [6.45, 7) is 10.5. The van der Waals surface area contributed by atoms with Gasteiger partial charge in [-0.1, -0.05) is 30.3 Å². The van der Waals surface area contributed by atoms with Crippen LogP contribution < -0.4 is 14.8 Å². The number of rotatable bonds is 8. The van der Waals surface area contributed by atoms with Gasteiger partial charge >= 0.3 is 0 Å². The molecule has 0 radical (unpaired) electrons. The first kappa shape index (κ1) is 18.6. The van der Waals surface area contributed by atoms with E-state index in [0.29, 0.717) is 24.5 Å². The lowest BCUT2D eigenvalue weighted by Gasteiger charge is -2.15. The summed E-state index contributed by atoms with van der Waals surface area (Å²) in [6, 6.07) is 14.8.